The Hall–Kier alpha value is -0.830. The van der Waals surface area contributed by atoms with Crippen LogP contribution in [-0.2, 0) is 6.42 Å². The van der Waals surface area contributed by atoms with Crippen molar-refractivity contribution in [3.63, 3.8) is 0 Å². The molecule has 0 amide bonds. The molecule has 2 rings (SSSR count). The second-order valence-electron chi connectivity index (χ2n) is 5.32. The molecule has 3 heteroatoms. The Morgan fingerprint density at radius 1 is 1.41 bits per heavy atom. The number of hydrogen-bond acceptors (Lipinski definition) is 2. The van der Waals surface area contributed by atoms with Gasteiger partial charge in [0.05, 0.1) is 6.04 Å². The SMILES string of the molecule is CCCc1nccn1C1CC(CC)CCC1N. The van der Waals surface area contributed by atoms with Crippen molar-refractivity contribution in [2.24, 2.45) is 11.7 Å². The van der Waals surface area contributed by atoms with Gasteiger partial charge in [0.2, 0.25) is 0 Å². The van der Waals surface area contributed by atoms with Gasteiger partial charge in [0.1, 0.15) is 5.82 Å². The molecule has 17 heavy (non-hydrogen) atoms. The van der Waals surface area contributed by atoms with Gasteiger partial charge in [-0.2, -0.15) is 0 Å². The lowest BCUT2D eigenvalue weighted by Gasteiger charge is -2.35. The molecule has 1 aromatic rings. The first-order valence-corrected chi connectivity index (χ1v) is 7.03. The van der Waals surface area contributed by atoms with Crippen molar-refractivity contribution in [3.05, 3.63) is 18.2 Å². The number of hydrogen-bond donors (Lipinski definition) is 1. The van der Waals surface area contributed by atoms with Crippen molar-refractivity contribution in [2.75, 3.05) is 0 Å². The summed E-state index contributed by atoms with van der Waals surface area (Å²) in [7, 11) is 0. The number of nitrogens with zero attached hydrogens (tertiary/aromatic N) is 2. The molecule has 0 radical (unpaired) electrons. The van der Waals surface area contributed by atoms with Crippen LogP contribution in [0.15, 0.2) is 12.4 Å². The van der Waals surface area contributed by atoms with Gasteiger partial charge >= 0.3 is 0 Å². The van der Waals surface area contributed by atoms with Crippen molar-refractivity contribution >= 4 is 0 Å². The fourth-order valence-electron chi connectivity index (χ4n) is 3.01. The standard InChI is InChI=1S/C14H25N3/c1-3-5-14-16-8-9-17(14)13-10-11(4-2)6-7-12(13)15/h8-9,11-13H,3-7,10,15H2,1-2H3. The average molecular weight is 235 g/mol. The molecule has 1 heterocycles. The van der Waals surface area contributed by atoms with E-state index in [-0.39, 0.29) is 0 Å². The van der Waals surface area contributed by atoms with E-state index in [2.05, 4.69) is 29.6 Å². The van der Waals surface area contributed by atoms with E-state index in [9.17, 15) is 0 Å². The third-order valence-electron chi connectivity index (χ3n) is 4.13. The summed E-state index contributed by atoms with van der Waals surface area (Å²) in [6.07, 6.45) is 11.2. The molecule has 1 aliphatic carbocycles. The van der Waals surface area contributed by atoms with Gasteiger partial charge in [-0.05, 0) is 31.6 Å². The minimum Gasteiger partial charge on any atom is -0.330 e. The maximum absolute atomic E-state index is 6.30. The lowest BCUT2D eigenvalue weighted by Crippen LogP contribution is -2.38. The third kappa shape index (κ3) is 2.71. The van der Waals surface area contributed by atoms with Gasteiger partial charge in [0.15, 0.2) is 0 Å². The van der Waals surface area contributed by atoms with Crippen LogP contribution in [0, 0.1) is 5.92 Å². The molecule has 3 nitrogen and oxygen atoms in total. The topological polar surface area (TPSA) is 43.8 Å². The summed E-state index contributed by atoms with van der Waals surface area (Å²) >= 11 is 0. The highest BCUT2D eigenvalue weighted by Crippen LogP contribution is 2.34. The molecule has 0 spiro atoms. The highest BCUT2D eigenvalue weighted by Gasteiger charge is 2.29. The van der Waals surface area contributed by atoms with Crippen molar-refractivity contribution in [1.29, 1.82) is 0 Å². The Morgan fingerprint density at radius 3 is 2.94 bits per heavy atom. The first-order chi connectivity index (χ1) is 8.26. The van der Waals surface area contributed by atoms with Crippen molar-refractivity contribution in [1.82, 2.24) is 9.55 Å². The van der Waals surface area contributed by atoms with Crippen LogP contribution in [0.1, 0.15) is 57.8 Å². The first-order valence-electron chi connectivity index (χ1n) is 7.03. The molecule has 1 saturated carbocycles. The van der Waals surface area contributed by atoms with E-state index in [1.54, 1.807) is 0 Å². The Morgan fingerprint density at radius 2 is 2.24 bits per heavy atom. The summed E-state index contributed by atoms with van der Waals surface area (Å²) in [5, 5.41) is 0. The molecule has 1 aromatic heterocycles. The van der Waals surface area contributed by atoms with Gasteiger partial charge in [-0.1, -0.05) is 20.3 Å². The second-order valence-corrected chi connectivity index (χ2v) is 5.32. The molecular weight excluding hydrogens is 210 g/mol. The third-order valence-corrected chi connectivity index (χ3v) is 4.13. The van der Waals surface area contributed by atoms with E-state index < -0.39 is 0 Å². The van der Waals surface area contributed by atoms with Crippen LogP contribution in [0.4, 0.5) is 0 Å². The molecule has 0 aromatic carbocycles. The monoisotopic (exact) mass is 235 g/mol. The number of aromatic nitrogens is 2. The average Bonchev–Trinajstić information content (AvgIpc) is 2.78. The van der Waals surface area contributed by atoms with Crippen molar-refractivity contribution in [2.45, 2.75) is 64.5 Å². The van der Waals surface area contributed by atoms with Crippen molar-refractivity contribution in [3.8, 4) is 0 Å². The van der Waals surface area contributed by atoms with E-state index >= 15 is 0 Å². The largest absolute Gasteiger partial charge is 0.330 e. The highest BCUT2D eigenvalue weighted by molar-refractivity contribution is 4.99. The Labute approximate surface area is 104 Å². The molecule has 3 atom stereocenters. The molecule has 3 unspecified atom stereocenters. The van der Waals surface area contributed by atoms with Crippen molar-refractivity contribution < 1.29 is 0 Å². The summed E-state index contributed by atoms with van der Waals surface area (Å²) in [6, 6.07) is 0.778. The summed E-state index contributed by atoms with van der Waals surface area (Å²) < 4.78 is 2.34. The predicted molar refractivity (Wildman–Crippen MR) is 70.9 cm³/mol. The highest BCUT2D eigenvalue weighted by atomic mass is 15.1. The Balaban J connectivity index is 2.15. The molecule has 1 fully saturated rings. The summed E-state index contributed by atoms with van der Waals surface area (Å²) in [4.78, 5) is 4.47. The zero-order valence-corrected chi connectivity index (χ0v) is 11.1. The van der Waals surface area contributed by atoms with Gasteiger partial charge < -0.3 is 10.3 Å². The zero-order valence-electron chi connectivity index (χ0n) is 11.1. The summed E-state index contributed by atoms with van der Waals surface area (Å²) in [5.41, 5.74) is 6.30. The van der Waals surface area contributed by atoms with E-state index in [4.69, 9.17) is 5.73 Å². The van der Waals surface area contributed by atoms with Gasteiger partial charge in [0, 0.05) is 24.9 Å². The fraction of sp³-hybridized carbons (Fsp3) is 0.786. The molecule has 0 bridgehead atoms. The molecule has 0 saturated heterocycles. The molecular formula is C14H25N3. The van der Waals surface area contributed by atoms with Gasteiger partial charge in [-0.3, -0.25) is 0 Å². The summed E-state index contributed by atoms with van der Waals surface area (Å²) in [6.45, 7) is 4.49. The normalized spacial score (nSPS) is 29.5. The van der Waals surface area contributed by atoms with Crippen LogP contribution in [0.2, 0.25) is 0 Å². The van der Waals surface area contributed by atoms with Crippen LogP contribution in [0.5, 0.6) is 0 Å². The lowest BCUT2D eigenvalue weighted by molar-refractivity contribution is 0.226. The Bertz CT molecular complexity index is 345. The molecule has 96 valence electrons. The maximum atomic E-state index is 6.30. The maximum Gasteiger partial charge on any atom is 0.108 e. The molecule has 1 aliphatic rings. The van der Waals surface area contributed by atoms with E-state index in [1.165, 1.54) is 25.1 Å². The minimum absolute atomic E-state index is 0.308. The van der Waals surface area contributed by atoms with Gasteiger partial charge in [0.25, 0.3) is 0 Å². The van der Waals surface area contributed by atoms with Crippen LogP contribution in [0.3, 0.4) is 0 Å². The Kier molecular flexibility index (Phi) is 4.21. The molecule has 0 aliphatic heterocycles. The number of nitrogens with two attached hydrogens (primary N) is 1. The minimum atomic E-state index is 0.308. The van der Waals surface area contributed by atoms with E-state index in [0.29, 0.717) is 12.1 Å². The lowest BCUT2D eigenvalue weighted by atomic mass is 9.81. The summed E-state index contributed by atoms with van der Waals surface area (Å²) in [5.74, 6) is 2.06. The van der Waals surface area contributed by atoms with Crippen LogP contribution < -0.4 is 5.73 Å². The van der Waals surface area contributed by atoms with Crippen LogP contribution >= 0.6 is 0 Å². The molecule has 2 N–H and O–H groups in total. The zero-order chi connectivity index (χ0) is 12.3. The first kappa shape index (κ1) is 12.6. The number of aryl methyl sites for hydroxylation is 1. The van der Waals surface area contributed by atoms with E-state index in [1.807, 2.05) is 6.20 Å². The van der Waals surface area contributed by atoms with Gasteiger partial charge in [-0.25, -0.2) is 4.98 Å². The smallest absolute Gasteiger partial charge is 0.108 e. The van der Waals surface area contributed by atoms with Crippen LogP contribution in [0.25, 0.3) is 0 Å². The second kappa shape index (κ2) is 5.67. The predicted octanol–water partition coefficient (Wildman–Crippen LogP) is 2.91. The fourth-order valence-corrected chi connectivity index (χ4v) is 3.01. The number of imidazole rings is 1. The van der Waals surface area contributed by atoms with E-state index in [0.717, 1.165) is 25.2 Å². The number of rotatable bonds is 4. The van der Waals surface area contributed by atoms with Crippen LogP contribution in [-0.4, -0.2) is 15.6 Å². The quantitative estimate of drug-likeness (QED) is 0.872. The van der Waals surface area contributed by atoms with Gasteiger partial charge in [-0.15, -0.1) is 0 Å².